The van der Waals surface area contributed by atoms with Crippen molar-refractivity contribution in [3.63, 3.8) is 0 Å². The van der Waals surface area contributed by atoms with E-state index in [-0.39, 0.29) is 11.9 Å². The SMILES string of the molecule is CCNC(C)C1CCCCN1C(C)C(N)=O. The molecule has 3 unspecified atom stereocenters. The molecule has 3 N–H and O–H groups in total. The number of carbonyl (C=O) groups excluding carboxylic acids is 1. The number of carbonyl (C=O) groups is 1. The number of hydrogen-bond donors (Lipinski definition) is 2. The fourth-order valence-corrected chi connectivity index (χ4v) is 2.62. The number of nitrogens with one attached hydrogen (secondary N) is 1. The maximum absolute atomic E-state index is 11.3. The first-order chi connectivity index (χ1) is 7.57. The van der Waals surface area contributed by atoms with Gasteiger partial charge in [0.1, 0.15) is 0 Å². The summed E-state index contributed by atoms with van der Waals surface area (Å²) in [6.07, 6.45) is 3.58. The predicted octanol–water partition coefficient (Wildman–Crippen LogP) is 0.713. The van der Waals surface area contributed by atoms with Crippen molar-refractivity contribution in [2.45, 2.75) is 58.2 Å². The standard InChI is InChI=1S/C12H25N3O/c1-4-14-9(2)11-7-5-6-8-15(11)10(3)12(13)16/h9-11,14H,4-8H2,1-3H3,(H2,13,16). The van der Waals surface area contributed by atoms with Gasteiger partial charge in [-0.2, -0.15) is 0 Å². The lowest BCUT2D eigenvalue weighted by molar-refractivity contribution is -0.124. The smallest absolute Gasteiger partial charge is 0.234 e. The van der Waals surface area contributed by atoms with Crippen molar-refractivity contribution < 1.29 is 4.79 Å². The third-order valence-corrected chi connectivity index (χ3v) is 3.60. The number of likely N-dealkylation sites (N-methyl/N-ethyl adjacent to an activating group) is 1. The van der Waals surface area contributed by atoms with Crippen molar-refractivity contribution in [3.8, 4) is 0 Å². The van der Waals surface area contributed by atoms with E-state index >= 15 is 0 Å². The summed E-state index contributed by atoms with van der Waals surface area (Å²) >= 11 is 0. The summed E-state index contributed by atoms with van der Waals surface area (Å²) in [5, 5.41) is 3.45. The van der Waals surface area contributed by atoms with Crippen molar-refractivity contribution in [1.82, 2.24) is 10.2 Å². The Hall–Kier alpha value is -0.610. The number of primary amides is 1. The molecule has 4 nitrogen and oxygen atoms in total. The molecule has 1 heterocycles. The molecule has 0 aromatic carbocycles. The van der Waals surface area contributed by atoms with Crippen LogP contribution in [0.2, 0.25) is 0 Å². The van der Waals surface area contributed by atoms with E-state index in [4.69, 9.17) is 5.73 Å². The molecular formula is C12H25N3O. The van der Waals surface area contributed by atoms with Gasteiger partial charge in [-0.1, -0.05) is 13.3 Å². The Balaban J connectivity index is 2.66. The minimum absolute atomic E-state index is 0.147. The van der Waals surface area contributed by atoms with Gasteiger partial charge in [-0.3, -0.25) is 9.69 Å². The summed E-state index contributed by atoms with van der Waals surface area (Å²) in [5.74, 6) is -0.212. The van der Waals surface area contributed by atoms with E-state index in [1.165, 1.54) is 12.8 Å². The van der Waals surface area contributed by atoms with Crippen LogP contribution in [-0.2, 0) is 4.79 Å². The Morgan fingerprint density at radius 2 is 2.19 bits per heavy atom. The number of amides is 1. The van der Waals surface area contributed by atoms with Gasteiger partial charge in [-0.05, 0) is 39.8 Å². The molecule has 1 saturated heterocycles. The Morgan fingerprint density at radius 3 is 2.75 bits per heavy atom. The van der Waals surface area contributed by atoms with Crippen LogP contribution in [0.4, 0.5) is 0 Å². The summed E-state index contributed by atoms with van der Waals surface area (Å²) in [4.78, 5) is 13.5. The average molecular weight is 227 g/mol. The lowest BCUT2D eigenvalue weighted by Gasteiger charge is -2.41. The molecule has 1 aliphatic heterocycles. The van der Waals surface area contributed by atoms with Crippen LogP contribution in [0.1, 0.15) is 40.0 Å². The van der Waals surface area contributed by atoms with E-state index in [1.807, 2.05) is 6.92 Å². The number of nitrogens with two attached hydrogens (primary N) is 1. The maximum atomic E-state index is 11.3. The first-order valence-corrected chi connectivity index (χ1v) is 6.36. The molecule has 94 valence electrons. The third-order valence-electron chi connectivity index (χ3n) is 3.60. The van der Waals surface area contributed by atoms with Crippen molar-refractivity contribution >= 4 is 5.91 Å². The Labute approximate surface area is 98.6 Å². The van der Waals surface area contributed by atoms with E-state index in [9.17, 15) is 4.79 Å². The molecule has 0 aromatic heterocycles. The molecule has 3 atom stereocenters. The van der Waals surface area contributed by atoms with Crippen molar-refractivity contribution in [2.75, 3.05) is 13.1 Å². The van der Waals surface area contributed by atoms with E-state index in [2.05, 4.69) is 24.1 Å². The summed E-state index contributed by atoms with van der Waals surface area (Å²) in [6.45, 7) is 8.18. The Morgan fingerprint density at radius 1 is 1.50 bits per heavy atom. The maximum Gasteiger partial charge on any atom is 0.234 e. The van der Waals surface area contributed by atoms with Crippen molar-refractivity contribution in [3.05, 3.63) is 0 Å². The third kappa shape index (κ3) is 3.19. The second-order valence-electron chi connectivity index (χ2n) is 4.73. The van der Waals surface area contributed by atoms with Crippen molar-refractivity contribution in [1.29, 1.82) is 0 Å². The number of nitrogens with zero attached hydrogens (tertiary/aromatic N) is 1. The van der Waals surface area contributed by atoms with Crippen LogP contribution in [0.3, 0.4) is 0 Å². The van der Waals surface area contributed by atoms with Crippen LogP contribution in [0.15, 0.2) is 0 Å². The lowest BCUT2D eigenvalue weighted by Crippen LogP contribution is -2.56. The predicted molar refractivity (Wildman–Crippen MR) is 66.1 cm³/mol. The topological polar surface area (TPSA) is 58.4 Å². The molecule has 1 aliphatic rings. The highest BCUT2D eigenvalue weighted by Gasteiger charge is 2.32. The highest BCUT2D eigenvalue weighted by Crippen LogP contribution is 2.22. The first kappa shape index (κ1) is 13.5. The van der Waals surface area contributed by atoms with Gasteiger partial charge in [0.2, 0.25) is 5.91 Å². The zero-order valence-corrected chi connectivity index (χ0v) is 10.7. The zero-order chi connectivity index (χ0) is 12.1. The normalized spacial score (nSPS) is 26.3. The average Bonchev–Trinajstić information content (AvgIpc) is 2.28. The molecule has 0 radical (unpaired) electrons. The Bertz CT molecular complexity index is 232. The second-order valence-corrected chi connectivity index (χ2v) is 4.73. The Kier molecular flexibility index (Phi) is 5.22. The minimum atomic E-state index is -0.212. The highest BCUT2D eigenvalue weighted by atomic mass is 16.1. The molecule has 0 saturated carbocycles. The zero-order valence-electron chi connectivity index (χ0n) is 10.7. The van der Waals surface area contributed by atoms with Crippen LogP contribution >= 0.6 is 0 Å². The summed E-state index contributed by atoms with van der Waals surface area (Å²) in [6, 6.07) is 0.717. The number of likely N-dealkylation sites (tertiary alicyclic amines) is 1. The van der Waals surface area contributed by atoms with Crippen LogP contribution in [0, 0.1) is 0 Å². The summed E-state index contributed by atoms with van der Waals surface area (Å²) < 4.78 is 0. The van der Waals surface area contributed by atoms with Crippen LogP contribution in [0.5, 0.6) is 0 Å². The minimum Gasteiger partial charge on any atom is -0.368 e. The largest absolute Gasteiger partial charge is 0.368 e. The van der Waals surface area contributed by atoms with Gasteiger partial charge in [0, 0.05) is 12.1 Å². The van der Waals surface area contributed by atoms with Gasteiger partial charge >= 0.3 is 0 Å². The van der Waals surface area contributed by atoms with Gasteiger partial charge in [0.05, 0.1) is 6.04 Å². The monoisotopic (exact) mass is 227 g/mol. The molecule has 0 aromatic rings. The summed E-state index contributed by atoms with van der Waals surface area (Å²) in [7, 11) is 0. The fraction of sp³-hybridized carbons (Fsp3) is 0.917. The van der Waals surface area contributed by atoms with Crippen LogP contribution < -0.4 is 11.1 Å². The lowest BCUT2D eigenvalue weighted by atomic mass is 9.94. The van der Waals surface area contributed by atoms with Crippen molar-refractivity contribution in [2.24, 2.45) is 5.73 Å². The molecule has 0 aliphatic carbocycles. The van der Waals surface area contributed by atoms with E-state index in [1.54, 1.807) is 0 Å². The number of rotatable bonds is 5. The molecule has 4 heteroatoms. The quantitative estimate of drug-likeness (QED) is 0.727. The second kappa shape index (κ2) is 6.21. The number of hydrogen-bond acceptors (Lipinski definition) is 3. The van der Waals surface area contributed by atoms with Gasteiger partial charge < -0.3 is 11.1 Å². The molecular weight excluding hydrogens is 202 g/mol. The first-order valence-electron chi connectivity index (χ1n) is 6.36. The molecule has 1 amide bonds. The van der Waals surface area contributed by atoms with Crippen LogP contribution in [-0.4, -0.2) is 42.0 Å². The highest BCUT2D eigenvalue weighted by molar-refractivity contribution is 5.79. The van der Waals surface area contributed by atoms with Gasteiger partial charge in [0.25, 0.3) is 0 Å². The number of piperidine rings is 1. The fourth-order valence-electron chi connectivity index (χ4n) is 2.62. The molecule has 1 rings (SSSR count). The van der Waals surface area contributed by atoms with E-state index in [0.29, 0.717) is 12.1 Å². The molecule has 16 heavy (non-hydrogen) atoms. The van der Waals surface area contributed by atoms with Gasteiger partial charge in [0.15, 0.2) is 0 Å². The van der Waals surface area contributed by atoms with E-state index in [0.717, 1.165) is 19.5 Å². The van der Waals surface area contributed by atoms with E-state index < -0.39 is 0 Å². The van der Waals surface area contributed by atoms with Gasteiger partial charge in [-0.25, -0.2) is 0 Å². The molecule has 0 spiro atoms. The molecule has 1 fully saturated rings. The molecule has 0 bridgehead atoms. The van der Waals surface area contributed by atoms with Gasteiger partial charge in [-0.15, -0.1) is 0 Å². The summed E-state index contributed by atoms with van der Waals surface area (Å²) in [5.41, 5.74) is 5.40. The van der Waals surface area contributed by atoms with Crippen LogP contribution in [0.25, 0.3) is 0 Å².